The van der Waals surface area contributed by atoms with Gasteiger partial charge >= 0.3 is 0 Å². The first kappa shape index (κ1) is 17.0. The van der Waals surface area contributed by atoms with Crippen LogP contribution in [0.5, 0.6) is 5.75 Å². The summed E-state index contributed by atoms with van der Waals surface area (Å²) in [6.45, 7) is 2.50. The molecule has 27 heavy (non-hydrogen) atoms. The number of hydrogen-bond acceptors (Lipinski definition) is 5. The SMILES string of the molecule is CC1COc2cc(C(=O)NO)ccc2CN1C(=O)c1nc2ccccc2[nH]1. The average molecular weight is 366 g/mol. The second-order valence-corrected chi connectivity index (χ2v) is 6.46. The van der Waals surface area contributed by atoms with Crippen molar-refractivity contribution >= 4 is 22.8 Å². The number of fused-ring (bicyclic) bond motifs is 2. The minimum atomic E-state index is -0.617. The first-order chi connectivity index (χ1) is 13.1. The van der Waals surface area contributed by atoms with Gasteiger partial charge in [-0.05, 0) is 31.2 Å². The van der Waals surface area contributed by atoms with Crippen molar-refractivity contribution in [3.05, 3.63) is 59.4 Å². The quantitative estimate of drug-likeness (QED) is 0.476. The van der Waals surface area contributed by atoms with E-state index in [1.165, 1.54) is 0 Å². The van der Waals surface area contributed by atoms with Gasteiger partial charge in [0.05, 0.1) is 23.6 Å². The van der Waals surface area contributed by atoms with E-state index >= 15 is 0 Å². The summed E-state index contributed by atoms with van der Waals surface area (Å²) in [7, 11) is 0. The largest absolute Gasteiger partial charge is 0.491 e. The van der Waals surface area contributed by atoms with Crippen LogP contribution in [0.4, 0.5) is 0 Å². The molecule has 4 rings (SSSR count). The molecular formula is C19H18N4O4. The molecular weight excluding hydrogens is 348 g/mol. The number of para-hydroxylation sites is 2. The number of benzene rings is 2. The number of nitrogens with zero attached hydrogens (tertiary/aromatic N) is 2. The zero-order valence-corrected chi connectivity index (χ0v) is 14.6. The van der Waals surface area contributed by atoms with Gasteiger partial charge in [0.25, 0.3) is 11.8 Å². The van der Waals surface area contributed by atoms with E-state index in [1.807, 2.05) is 31.2 Å². The molecule has 0 saturated carbocycles. The Morgan fingerprint density at radius 1 is 1.30 bits per heavy atom. The summed E-state index contributed by atoms with van der Waals surface area (Å²) < 4.78 is 5.79. The van der Waals surface area contributed by atoms with Crippen LogP contribution in [0, 0.1) is 0 Å². The Balaban J connectivity index is 1.65. The van der Waals surface area contributed by atoms with Crippen LogP contribution in [0.3, 0.4) is 0 Å². The van der Waals surface area contributed by atoms with Crippen molar-refractivity contribution in [3.63, 3.8) is 0 Å². The highest BCUT2D eigenvalue weighted by atomic mass is 16.5. The number of aromatic amines is 1. The lowest BCUT2D eigenvalue weighted by Crippen LogP contribution is -2.40. The van der Waals surface area contributed by atoms with Crippen LogP contribution in [0.15, 0.2) is 42.5 Å². The van der Waals surface area contributed by atoms with Gasteiger partial charge in [0.15, 0.2) is 5.82 Å². The lowest BCUT2D eigenvalue weighted by molar-refractivity contribution is 0.0634. The van der Waals surface area contributed by atoms with Crippen LogP contribution in [-0.2, 0) is 6.54 Å². The molecule has 3 N–H and O–H groups in total. The van der Waals surface area contributed by atoms with Crippen LogP contribution in [0.25, 0.3) is 11.0 Å². The van der Waals surface area contributed by atoms with E-state index in [2.05, 4.69) is 9.97 Å². The van der Waals surface area contributed by atoms with Crippen molar-refractivity contribution in [2.75, 3.05) is 6.61 Å². The lowest BCUT2D eigenvalue weighted by atomic mass is 10.1. The predicted octanol–water partition coefficient (Wildman–Crippen LogP) is 2.11. The molecule has 2 heterocycles. The van der Waals surface area contributed by atoms with Crippen LogP contribution in [0.1, 0.15) is 33.5 Å². The molecule has 0 saturated heterocycles. The smallest absolute Gasteiger partial charge is 0.290 e. The molecule has 0 spiro atoms. The number of carbonyl (C=O) groups is 2. The highest BCUT2D eigenvalue weighted by molar-refractivity contribution is 5.95. The Hall–Kier alpha value is -3.39. The first-order valence-corrected chi connectivity index (χ1v) is 8.52. The van der Waals surface area contributed by atoms with Crippen molar-refractivity contribution in [2.45, 2.75) is 19.5 Å². The zero-order valence-electron chi connectivity index (χ0n) is 14.6. The van der Waals surface area contributed by atoms with E-state index in [0.29, 0.717) is 12.3 Å². The summed E-state index contributed by atoms with van der Waals surface area (Å²) in [5.74, 6) is -0.0353. The maximum Gasteiger partial charge on any atom is 0.290 e. The summed E-state index contributed by atoms with van der Waals surface area (Å²) >= 11 is 0. The molecule has 1 unspecified atom stereocenters. The Morgan fingerprint density at radius 2 is 2.11 bits per heavy atom. The fourth-order valence-corrected chi connectivity index (χ4v) is 3.13. The second kappa shape index (κ2) is 6.73. The number of ether oxygens (including phenoxy) is 1. The van der Waals surface area contributed by atoms with Gasteiger partial charge in [0.1, 0.15) is 12.4 Å². The van der Waals surface area contributed by atoms with E-state index in [4.69, 9.17) is 9.94 Å². The van der Waals surface area contributed by atoms with Gasteiger partial charge in [-0.3, -0.25) is 14.8 Å². The van der Waals surface area contributed by atoms with Gasteiger partial charge in [0, 0.05) is 11.1 Å². The van der Waals surface area contributed by atoms with E-state index < -0.39 is 5.91 Å². The molecule has 1 aliphatic rings. The van der Waals surface area contributed by atoms with Gasteiger partial charge in [-0.1, -0.05) is 18.2 Å². The number of carbonyl (C=O) groups excluding carboxylic acids is 2. The second-order valence-electron chi connectivity index (χ2n) is 6.46. The zero-order chi connectivity index (χ0) is 19.0. The van der Waals surface area contributed by atoms with Gasteiger partial charge in [-0.25, -0.2) is 10.5 Å². The van der Waals surface area contributed by atoms with Crippen molar-refractivity contribution in [1.29, 1.82) is 0 Å². The topological polar surface area (TPSA) is 108 Å². The third-order valence-electron chi connectivity index (χ3n) is 4.64. The van der Waals surface area contributed by atoms with E-state index in [-0.39, 0.29) is 29.9 Å². The summed E-state index contributed by atoms with van der Waals surface area (Å²) in [6.07, 6.45) is 0. The van der Waals surface area contributed by atoms with Gasteiger partial charge in [0.2, 0.25) is 0 Å². The Morgan fingerprint density at radius 3 is 2.89 bits per heavy atom. The normalized spacial score (nSPS) is 16.4. The lowest BCUT2D eigenvalue weighted by Gasteiger charge is -2.25. The number of imidazole rings is 1. The maximum absolute atomic E-state index is 13.0. The molecule has 2 amide bonds. The van der Waals surface area contributed by atoms with Crippen LogP contribution in [0.2, 0.25) is 0 Å². The number of rotatable bonds is 2. The maximum atomic E-state index is 13.0. The fraction of sp³-hybridized carbons (Fsp3) is 0.211. The van der Waals surface area contributed by atoms with Crippen molar-refractivity contribution in [2.24, 2.45) is 0 Å². The average Bonchev–Trinajstić information content (AvgIpc) is 3.06. The van der Waals surface area contributed by atoms with Gasteiger partial charge in [-0.15, -0.1) is 0 Å². The monoisotopic (exact) mass is 366 g/mol. The molecule has 3 aromatic rings. The summed E-state index contributed by atoms with van der Waals surface area (Å²) in [5, 5.41) is 8.79. The van der Waals surface area contributed by atoms with E-state index in [1.54, 1.807) is 28.6 Å². The van der Waals surface area contributed by atoms with Crippen molar-refractivity contribution < 1.29 is 19.5 Å². The summed E-state index contributed by atoms with van der Waals surface area (Å²) in [5.41, 5.74) is 4.20. The third-order valence-corrected chi connectivity index (χ3v) is 4.64. The minimum absolute atomic E-state index is 0.187. The Bertz CT molecular complexity index is 996. The van der Waals surface area contributed by atoms with Crippen LogP contribution in [-0.4, -0.2) is 44.5 Å². The standard InChI is InChI=1S/C19H18N4O4/c1-11-10-27-16-8-12(18(24)22-26)6-7-13(16)9-23(11)19(25)17-20-14-4-2-3-5-15(14)21-17/h2-8,11,26H,9-10H2,1H3,(H,20,21)(H,22,24). The Kier molecular flexibility index (Phi) is 4.25. The molecule has 0 fully saturated rings. The molecule has 1 aliphatic heterocycles. The molecule has 2 aromatic carbocycles. The number of aromatic nitrogens is 2. The van der Waals surface area contributed by atoms with Crippen molar-refractivity contribution in [1.82, 2.24) is 20.3 Å². The highest BCUT2D eigenvalue weighted by Crippen LogP contribution is 2.27. The molecule has 8 heteroatoms. The molecule has 1 atom stereocenters. The molecule has 8 nitrogen and oxygen atoms in total. The van der Waals surface area contributed by atoms with Gasteiger partial charge < -0.3 is 14.6 Å². The predicted molar refractivity (Wildman–Crippen MR) is 96.6 cm³/mol. The summed E-state index contributed by atoms with van der Waals surface area (Å²) in [4.78, 5) is 33.8. The first-order valence-electron chi connectivity index (χ1n) is 8.52. The van der Waals surface area contributed by atoms with Crippen LogP contribution >= 0.6 is 0 Å². The molecule has 138 valence electrons. The number of hydrogen-bond donors (Lipinski definition) is 3. The van der Waals surface area contributed by atoms with Gasteiger partial charge in [-0.2, -0.15) is 0 Å². The third kappa shape index (κ3) is 3.11. The fourth-order valence-electron chi connectivity index (χ4n) is 3.13. The Labute approximate surface area is 154 Å². The molecule has 0 aliphatic carbocycles. The van der Waals surface area contributed by atoms with Crippen LogP contribution < -0.4 is 10.2 Å². The number of hydroxylamine groups is 1. The number of H-pyrrole nitrogens is 1. The van der Waals surface area contributed by atoms with Crippen molar-refractivity contribution in [3.8, 4) is 5.75 Å². The number of nitrogens with one attached hydrogen (secondary N) is 2. The highest BCUT2D eigenvalue weighted by Gasteiger charge is 2.28. The van der Waals surface area contributed by atoms with E-state index in [9.17, 15) is 9.59 Å². The van der Waals surface area contributed by atoms with E-state index in [0.717, 1.165) is 16.6 Å². The molecule has 0 bridgehead atoms. The molecule has 0 radical (unpaired) electrons. The number of amides is 2. The minimum Gasteiger partial charge on any atom is -0.491 e. The molecule has 1 aromatic heterocycles. The summed E-state index contributed by atoms with van der Waals surface area (Å²) in [6, 6.07) is 12.1.